The molecule has 1 spiro atoms. The second-order valence-corrected chi connectivity index (χ2v) is 5.64. The van der Waals surface area contributed by atoms with Crippen LogP contribution in [0.2, 0.25) is 0 Å². The summed E-state index contributed by atoms with van der Waals surface area (Å²) in [6.07, 6.45) is 10.5. The number of rotatable bonds is 2. The van der Waals surface area contributed by atoms with Crippen LogP contribution in [0.4, 0.5) is 0 Å². The lowest BCUT2D eigenvalue weighted by Gasteiger charge is -2.46. The van der Waals surface area contributed by atoms with E-state index in [9.17, 15) is 0 Å². The van der Waals surface area contributed by atoms with E-state index >= 15 is 0 Å². The van der Waals surface area contributed by atoms with Gasteiger partial charge in [-0.2, -0.15) is 0 Å². The van der Waals surface area contributed by atoms with Crippen molar-refractivity contribution in [1.29, 1.82) is 0 Å². The van der Waals surface area contributed by atoms with Crippen molar-refractivity contribution in [2.45, 2.75) is 44.2 Å². The van der Waals surface area contributed by atoms with E-state index in [0.29, 0.717) is 5.54 Å². The van der Waals surface area contributed by atoms with E-state index in [1.165, 1.54) is 32.1 Å². The molecule has 2 heterocycles. The Morgan fingerprint density at radius 2 is 1.94 bits per heavy atom. The highest BCUT2D eigenvalue weighted by Crippen LogP contribution is 2.30. The van der Waals surface area contributed by atoms with Crippen molar-refractivity contribution in [2.24, 2.45) is 0 Å². The van der Waals surface area contributed by atoms with Crippen LogP contribution in [0.15, 0.2) is 18.5 Å². The molecule has 0 amide bonds. The normalized spacial score (nSPS) is 24.2. The molecule has 4 heteroatoms. The van der Waals surface area contributed by atoms with Crippen molar-refractivity contribution in [1.82, 2.24) is 20.2 Å². The average molecular weight is 246 g/mol. The average Bonchev–Trinajstić information content (AvgIpc) is 2.41. The zero-order valence-corrected chi connectivity index (χ0v) is 10.9. The molecule has 18 heavy (non-hydrogen) atoms. The summed E-state index contributed by atoms with van der Waals surface area (Å²) in [5, 5.41) is 3.77. The molecule has 0 bridgehead atoms. The summed E-state index contributed by atoms with van der Waals surface area (Å²) in [4.78, 5) is 11.2. The molecule has 1 aromatic rings. The minimum Gasteiger partial charge on any atom is -0.309 e. The van der Waals surface area contributed by atoms with Gasteiger partial charge in [0.25, 0.3) is 0 Å². The molecule has 1 aromatic heterocycles. The van der Waals surface area contributed by atoms with Crippen molar-refractivity contribution < 1.29 is 0 Å². The Morgan fingerprint density at radius 1 is 1.17 bits per heavy atom. The summed E-state index contributed by atoms with van der Waals surface area (Å²) in [6.45, 7) is 4.27. The predicted octanol–water partition coefficient (Wildman–Crippen LogP) is 1.58. The minimum atomic E-state index is 0.380. The Kier molecular flexibility index (Phi) is 3.57. The number of hydrogen-bond acceptors (Lipinski definition) is 4. The van der Waals surface area contributed by atoms with Crippen molar-refractivity contribution in [3.63, 3.8) is 0 Å². The number of nitrogens with zero attached hydrogens (tertiary/aromatic N) is 3. The van der Waals surface area contributed by atoms with Gasteiger partial charge in [0.05, 0.1) is 6.54 Å². The summed E-state index contributed by atoms with van der Waals surface area (Å²) in [5.74, 6) is 0.949. The molecular formula is C14H22N4. The highest BCUT2D eigenvalue weighted by Gasteiger charge is 2.36. The van der Waals surface area contributed by atoms with Crippen LogP contribution in [0, 0.1) is 0 Å². The molecule has 0 aromatic carbocycles. The fourth-order valence-electron chi connectivity index (χ4n) is 3.35. The molecular weight excluding hydrogens is 224 g/mol. The Hall–Kier alpha value is -1.00. The first-order chi connectivity index (χ1) is 8.86. The molecule has 1 aliphatic carbocycles. The van der Waals surface area contributed by atoms with Gasteiger partial charge >= 0.3 is 0 Å². The van der Waals surface area contributed by atoms with Gasteiger partial charge in [-0.05, 0) is 18.9 Å². The predicted molar refractivity (Wildman–Crippen MR) is 71.1 cm³/mol. The Labute approximate surface area is 109 Å². The van der Waals surface area contributed by atoms with E-state index in [0.717, 1.165) is 32.0 Å². The quantitative estimate of drug-likeness (QED) is 0.860. The molecule has 98 valence electrons. The van der Waals surface area contributed by atoms with Gasteiger partial charge in [0.15, 0.2) is 0 Å². The molecule has 0 atom stereocenters. The highest BCUT2D eigenvalue weighted by molar-refractivity contribution is 4.98. The number of hydrogen-bond donors (Lipinski definition) is 1. The van der Waals surface area contributed by atoms with Crippen LogP contribution in [0.3, 0.4) is 0 Å². The van der Waals surface area contributed by atoms with Gasteiger partial charge in [0.1, 0.15) is 5.82 Å². The fourth-order valence-corrected chi connectivity index (χ4v) is 3.35. The monoisotopic (exact) mass is 246 g/mol. The summed E-state index contributed by atoms with van der Waals surface area (Å²) in [6, 6.07) is 1.88. The SMILES string of the molecule is c1cnc(CN2CCNC3(CCCCC3)C2)nc1. The number of piperazine rings is 1. The van der Waals surface area contributed by atoms with E-state index in [1.807, 2.05) is 18.5 Å². The summed E-state index contributed by atoms with van der Waals surface area (Å²) >= 11 is 0. The van der Waals surface area contributed by atoms with Crippen molar-refractivity contribution in [3.8, 4) is 0 Å². The lowest BCUT2D eigenvalue weighted by atomic mass is 9.80. The van der Waals surface area contributed by atoms with Crippen molar-refractivity contribution in [2.75, 3.05) is 19.6 Å². The lowest BCUT2D eigenvalue weighted by molar-refractivity contribution is 0.0926. The second kappa shape index (κ2) is 5.33. The molecule has 1 saturated heterocycles. The molecule has 1 N–H and O–H groups in total. The fraction of sp³-hybridized carbons (Fsp3) is 0.714. The summed E-state index contributed by atoms with van der Waals surface area (Å²) in [5.41, 5.74) is 0.380. The van der Waals surface area contributed by atoms with Crippen LogP contribution in [-0.4, -0.2) is 40.0 Å². The first kappa shape index (κ1) is 12.1. The minimum absolute atomic E-state index is 0.380. The molecule has 1 saturated carbocycles. The maximum absolute atomic E-state index is 4.33. The third kappa shape index (κ3) is 2.70. The highest BCUT2D eigenvalue weighted by atomic mass is 15.2. The van der Waals surface area contributed by atoms with Crippen LogP contribution >= 0.6 is 0 Å². The molecule has 2 aliphatic rings. The Morgan fingerprint density at radius 3 is 2.72 bits per heavy atom. The van der Waals surface area contributed by atoms with E-state index < -0.39 is 0 Å². The second-order valence-electron chi connectivity index (χ2n) is 5.64. The maximum atomic E-state index is 4.33. The van der Waals surface area contributed by atoms with Gasteiger partial charge in [0.2, 0.25) is 0 Å². The molecule has 1 aliphatic heterocycles. The third-order valence-corrected chi connectivity index (χ3v) is 4.25. The summed E-state index contributed by atoms with van der Waals surface area (Å²) < 4.78 is 0. The van der Waals surface area contributed by atoms with Gasteiger partial charge in [-0.15, -0.1) is 0 Å². The van der Waals surface area contributed by atoms with Gasteiger partial charge in [-0.1, -0.05) is 19.3 Å². The first-order valence-electron chi connectivity index (χ1n) is 7.10. The maximum Gasteiger partial charge on any atom is 0.142 e. The van der Waals surface area contributed by atoms with Gasteiger partial charge < -0.3 is 5.32 Å². The standard InChI is InChI=1S/C14H22N4/c1-2-5-14(6-3-1)12-18(10-9-17-14)11-13-15-7-4-8-16-13/h4,7-8,17H,1-3,5-6,9-12H2. The van der Waals surface area contributed by atoms with Crippen LogP contribution in [-0.2, 0) is 6.54 Å². The Balaban J connectivity index is 1.63. The molecule has 0 unspecified atom stereocenters. The van der Waals surface area contributed by atoms with E-state index in [-0.39, 0.29) is 0 Å². The van der Waals surface area contributed by atoms with Crippen LogP contribution in [0.5, 0.6) is 0 Å². The number of nitrogens with one attached hydrogen (secondary N) is 1. The van der Waals surface area contributed by atoms with Crippen LogP contribution in [0.1, 0.15) is 37.9 Å². The van der Waals surface area contributed by atoms with Gasteiger partial charge in [-0.25, -0.2) is 9.97 Å². The Bertz CT molecular complexity index is 367. The molecule has 4 nitrogen and oxygen atoms in total. The zero-order valence-electron chi connectivity index (χ0n) is 10.9. The molecule has 0 radical (unpaired) electrons. The van der Waals surface area contributed by atoms with Crippen molar-refractivity contribution >= 4 is 0 Å². The van der Waals surface area contributed by atoms with E-state index in [1.54, 1.807) is 0 Å². The molecule has 3 rings (SSSR count). The van der Waals surface area contributed by atoms with Crippen LogP contribution in [0.25, 0.3) is 0 Å². The smallest absolute Gasteiger partial charge is 0.142 e. The van der Waals surface area contributed by atoms with Gasteiger partial charge in [-0.3, -0.25) is 4.90 Å². The number of aromatic nitrogens is 2. The molecule has 2 fully saturated rings. The van der Waals surface area contributed by atoms with E-state index in [4.69, 9.17) is 0 Å². The topological polar surface area (TPSA) is 41.1 Å². The van der Waals surface area contributed by atoms with Crippen molar-refractivity contribution in [3.05, 3.63) is 24.3 Å². The lowest BCUT2D eigenvalue weighted by Crippen LogP contribution is -2.60. The third-order valence-electron chi connectivity index (χ3n) is 4.25. The van der Waals surface area contributed by atoms with Gasteiger partial charge in [0, 0.05) is 37.6 Å². The zero-order chi connectivity index (χ0) is 12.3. The van der Waals surface area contributed by atoms with E-state index in [2.05, 4.69) is 20.2 Å². The first-order valence-corrected chi connectivity index (χ1v) is 7.10. The largest absolute Gasteiger partial charge is 0.309 e. The van der Waals surface area contributed by atoms with Crippen LogP contribution < -0.4 is 5.32 Å². The summed E-state index contributed by atoms with van der Waals surface area (Å²) in [7, 11) is 0.